The number of anilines is 1. The van der Waals surface area contributed by atoms with Crippen LogP contribution in [-0.2, 0) is 16.0 Å². The molecule has 0 aliphatic rings. The monoisotopic (exact) mass is 315 g/mol. The molecule has 0 heterocycles. The molecule has 0 aromatic heterocycles. The molecule has 1 amide bonds. The number of nitrogens with one attached hydrogen (secondary N) is 1. The van der Waals surface area contributed by atoms with Gasteiger partial charge in [0.25, 0.3) is 0 Å². The van der Waals surface area contributed by atoms with Crippen molar-refractivity contribution in [3.63, 3.8) is 0 Å². The Bertz CT molecular complexity index is 680. The average Bonchev–Trinajstić information content (AvgIpc) is 2.51. The van der Waals surface area contributed by atoms with Crippen molar-refractivity contribution in [3.8, 4) is 0 Å². The van der Waals surface area contributed by atoms with Crippen LogP contribution in [0.2, 0.25) is 0 Å². The number of hydrogen-bond acceptors (Lipinski definition) is 2. The third-order valence-electron chi connectivity index (χ3n) is 3.51. The second kappa shape index (κ2) is 7.54. The standard InChI is InChI=1S/C18H18FNO3/c1-12-2-4-13(5-3-12)10-14(18(22)23)11-17(21)20-16-8-6-15(19)7-9-16/h2-9,14H,10-11H2,1H3,(H,20,21)(H,22,23). The maximum Gasteiger partial charge on any atom is 0.307 e. The first-order valence-electron chi connectivity index (χ1n) is 7.28. The van der Waals surface area contributed by atoms with E-state index >= 15 is 0 Å². The van der Waals surface area contributed by atoms with Crippen LogP contribution < -0.4 is 5.32 Å². The van der Waals surface area contributed by atoms with Gasteiger partial charge in [-0.15, -0.1) is 0 Å². The van der Waals surface area contributed by atoms with Crippen LogP contribution in [0.15, 0.2) is 48.5 Å². The van der Waals surface area contributed by atoms with Crippen molar-refractivity contribution in [3.05, 3.63) is 65.5 Å². The molecule has 0 fully saturated rings. The molecule has 2 aromatic rings. The SMILES string of the molecule is Cc1ccc(CC(CC(=O)Nc2ccc(F)cc2)C(=O)O)cc1. The lowest BCUT2D eigenvalue weighted by Crippen LogP contribution is -2.24. The topological polar surface area (TPSA) is 66.4 Å². The minimum Gasteiger partial charge on any atom is -0.481 e. The first-order valence-corrected chi connectivity index (χ1v) is 7.28. The number of aryl methyl sites for hydroxylation is 1. The average molecular weight is 315 g/mol. The Morgan fingerprint density at radius 1 is 1.09 bits per heavy atom. The van der Waals surface area contributed by atoms with Gasteiger partial charge in [0.05, 0.1) is 5.92 Å². The molecule has 0 bridgehead atoms. The van der Waals surface area contributed by atoms with Crippen LogP contribution in [0.5, 0.6) is 0 Å². The molecular formula is C18H18FNO3. The fourth-order valence-electron chi connectivity index (χ4n) is 2.22. The van der Waals surface area contributed by atoms with Crippen molar-refractivity contribution >= 4 is 17.6 Å². The van der Waals surface area contributed by atoms with Crippen molar-refractivity contribution in [2.75, 3.05) is 5.32 Å². The summed E-state index contributed by atoms with van der Waals surface area (Å²) >= 11 is 0. The molecule has 0 saturated carbocycles. The van der Waals surface area contributed by atoms with Crippen LogP contribution in [0.25, 0.3) is 0 Å². The fourth-order valence-corrected chi connectivity index (χ4v) is 2.22. The van der Waals surface area contributed by atoms with Crippen LogP contribution in [0.3, 0.4) is 0 Å². The van der Waals surface area contributed by atoms with Gasteiger partial charge in [0.1, 0.15) is 5.82 Å². The number of carbonyl (C=O) groups excluding carboxylic acids is 1. The molecule has 0 aliphatic carbocycles. The molecule has 0 saturated heterocycles. The van der Waals surface area contributed by atoms with E-state index in [9.17, 15) is 19.1 Å². The van der Waals surface area contributed by atoms with Crippen molar-refractivity contribution in [1.82, 2.24) is 0 Å². The van der Waals surface area contributed by atoms with Crippen LogP contribution in [0.4, 0.5) is 10.1 Å². The summed E-state index contributed by atoms with van der Waals surface area (Å²) in [6.07, 6.45) is 0.146. The lowest BCUT2D eigenvalue weighted by Gasteiger charge is -2.13. The van der Waals surface area contributed by atoms with Gasteiger partial charge >= 0.3 is 5.97 Å². The van der Waals surface area contributed by atoms with Gasteiger partial charge < -0.3 is 10.4 Å². The zero-order valence-electron chi connectivity index (χ0n) is 12.8. The molecule has 0 spiro atoms. The number of carbonyl (C=O) groups is 2. The molecule has 2 rings (SSSR count). The van der Waals surface area contributed by atoms with Crippen LogP contribution in [-0.4, -0.2) is 17.0 Å². The number of benzene rings is 2. The third kappa shape index (κ3) is 5.21. The lowest BCUT2D eigenvalue weighted by molar-refractivity contribution is -0.143. The molecule has 120 valence electrons. The first-order chi connectivity index (χ1) is 10.9. The summed E-state index contributed by atoms with van der Waals surface area (Å²) in [5.74, 6) is -2.63. The number of carboxylic acids is 1. The molecule has 5 heteroatoms. The maximum absolute atomic E-state index is 12.8. The summed E-state index contributed by atoms with van der Waals surface area (Å²) in [7, 11) is 0. The van der Waals surface area contributed by atoms with Crippen LogP contribution >= 0.6 is 0 Å². The van der Waals surface area contributed by atoms with E-state index in [1.807, 2.05) is 31.2 Å². The molecule has 4 nitrogen and oxygen atoms in total. The van der Waals surface area contributed by atoms with Crippen molar-refractivity contribution in [2.45, 2.75) is 19.8 Å². The van der Waals surface area contributed by atoms with Gasteiger partial charge in [-0.3, -0.25) is 9.59 Å². The Morgan fingerprint density at radius 2 is 1.70 bits per heavy atom. The predicted molar refractivity (Wildman–Crippen MR) is 85.7 cm³/mol. The van der Waals surface area contributed by atoms with E-state index in [0.29, 0.717) is 5.69 Å². The number of carboxylic acid groups (broad SMARTS) is 1. The highest BCUT2D eigenvalue weighted by molar-refractivity contribution is 5.93. The number of hydrogen-bond donors (Lipinski definition) is 2. The number of aliphatic carboxylic acids is 1. The molecule has 0 radical (unpaired) electrons. The molecule has 1 atom stereocenters. The van der Waals surface area contributed by atoms with E-state index in [1.165, 1.54) is 24.3 Å². The Morgan fingerprint density at radius 3 is 2.26 bits per heavy atom. The quantitative estimate of drug-likeness (QED) is 0.858. The molecular weight excluding hydrogens is 297 g/mol. The predicted octanol–water partition coefficient (Wildman–Crippen LogP) is 3.41. The van der Waals surface area contributed by atoms with E-state index < -0.39 is 23.6 Å². The van der Waals surface area contributed by atoms with E-state index in [2.05, 4.69) is 5.32 Å². The highest BCUT2D eigenvalue weighted by Crippen LogP contribution is 2.16. The van der Waals surface area contributed by atoms with E-state index in [4.69, 9.17) is 0 Å². The molecule has 0 aliphatic heterocycles. The van der Waals surface area contributed by atoms with Gasteiger partial charge in [0.15, 0.2) is 0 Å². The zero-order valence-corrected chi connectivity index (χ0v) is 12.8. The second-order valence-electron chi connectivity index (χ2n) is 5.48. The minimum atomic E-state index is -1.01. The highest BCUT2D eigenvalue weighted by atomic mass is 19.1. The van der Waals surface area contributed by atoms with E-state index in [0.717, 1.165) is 11.1 Å². The first kappa shape index (κ1) is 16.7. The van der Waals surface area contributed by atoms with Crippen molar-refractivity contribution in [1.29, 1.82) is 0 Å². The number of halogens is 1. The van der Waals surface area contributed by atoms with Crippen LogP contribution in [0.1, 0.15) is 17.5 Å². The summed E-state index contributed by atoms with van der Waals surface area (Å²) in [6.45, 7) is 1.95. The van der Waals surface area contributed by atoms with Gasteiger partial charge in [-0.1, -0.05) is 29.8 Å². The van der Waals surface area contributed by atoms with Gasteiger partial charge in [-0.2, -0.15) is 0 Å². The van der Waals surface area contributed by atoms with Crippen molar-refractivity contribution in [2.24, 2.45) is 5.92 Å². The minimum absolute atomic E-state index is 0.138. The maximum atomic E-state index is 12.8. The molecule has 2 N–H and O–H groups in total. The molecule has 1 unspecified atom stereocenters. The summed E-state index contributed by atoms with van der Waals surface area (Å²) < 4.78 is 12.8. The summed E-state index contributed by atoms with van der Waals surface area (Å²) in [4.78, 5) is 23.4. The lowest BCUT2D eigenvalue weighted by atomic mass is 9.95. The van der Waals surface area contributed by atoms with Gasteiger partial charge in [-0.05, 0) is 43.2 Å². The van der Waals surface area contributed by atoms with E-state index in [-0.39, 0.29) is 12.8 Å². The van der Waals surface area contributed by atoms with Crippen molar-refractivity contribution < 1.29 is 19.1 Å². The Hall–Kier alpha value is -2.69. The number of rotatable bonds is 6. The third-order valence-corrected chi connectivity index (χ3v) is 3.51. The molecule has 23 heavy (non-hydrogen) atoms. The highest BCUT2D eigenvalue weighted by Gasteiger charge is 2.21. The van der Waals surface area contributed by atoms with Gasteiger partial charge in [0.2, 0.25) is 5.91 Å². The van der Waals surface area contributed by atoms with Gasteiger partial charge in [0, 0.05) is 12.1 Å². The largest absolute Gasteiger partial charge is 0.481 e. The Labute approximate surface area is 134 Å². The second-order valence-corrected chi connectivity index (χ2v) is 5.48. The zero-order chi connectivity index (χ0) is 16.8. The normalized spacial score (nSPS) is 11.7. The Balaban J connectivity index is 1.98. The Kier molecular flexibility index (Phi) is 5.46. The number of amides is 1. The molecule has 2 aromatic carbocycles. The fraction of sp³-hybridized carbons (Fsp3) is 0.222. The van der Waals surface area contributed by atoms with E-state index in [1.54, 1.807) is 0 Å². The van der Waals surface area contributed by atoms with Crippen LogP contribution in [0, 0.1) is 18.7 Å². The smallest absolute Gasteiger partial charge is 0.307 e. The summed E-state index contributed by atoms with van der Waals surface area (Å²) in [5.41, 5.74) is 2.41. The van der Waals surface area contributed by atoms with Gasteiger partial charge in [-0.25, -0.2) is 4.39 Å². The summed E-state index contributed by atoms with van der Waals surface area (Å²) in [5, 5.41) is 11.9. The summed E-state index contributed by atoms with van der Waals surface area (Å²) in [6, 6.07) is 12.9.